The molecule has 11 nitrogen and oxygen atoms in total. The van der Waals surface area contributed by atoms with E-state index >= 15 is 4.39 Å². The SMILES string of the molecule is COCCNC(=O)OC1C[C@H]2CC[C@@H]1N2c1nc(OC[C@@]23CCCN2C[C@H](F)C3)nc2c(F)c(-c3ccc(F)c4sc(N)nc34)c(C(F)(F)F)cc12. The number of anilines is 2. The van der Waals surface area contributed by atoms with Crippen molar-refractivity contribution < 1.29 is 45.3 Å². The van der Waals surface area contributed by atoms with Crippen LogP contribution in [0.4, 0.5) is 42.1 Å². The molecular weight excluding hydrogens is 716 g/mol. The van der Waals surface area contributed by atoms with Crippen LogP contribution in [-0.2, 0) is 15.7 Å². The van der Waals surface area contributed by atoms with Gasteiger partial charge in [0.25, 0.3) is 0 Å². The van der Waals surface area contributed by atoms with Gasteiger partial charge in [-0.2, -0.15) is 23.1 Å². The number of carbonyl (C=O) groups excluding carboxylic acids is 1. The predicted octanol–water partition coefficient (Wildman–Crippen LogP) is 6.22. The number of benzene rings is 2. The Morgan fingerprint density at radius 3 is 2.79 bits per heavy atom. The number of nitrogens with two attached hydrogens (primary N) is 1. The molecule has 1 amide bonds. The van der Waals surface area contributed by atoms with Gasteiger partial charge in [-0.05, 0) is 50.4 Å². The highest BCUT2D eigenvalue weighted by atomic mass is 32.1. The molecule has 6 heterocycles. The van der Waals surface area contributed by atoms with E-state index in [-0.39, 0.29) is 76.9 Å². The molecule has 8 rings (SSSR count). The number of hydrogen-bond acceptors (Lipinski definition) is 11. The number of amides is 1. The van der Waals surface area contributed by atoms with Gasteiger partial charge < -0.3 is 30.2 Å². The molecule has 5 atom stereocenters. The third-order valence-corrected chi connectivity index (χ3v) is 11.7. The van der Waals surface area contributed by atoms with E-state index in [4.69, 9.17) is 19.9 Å². The Labute approximate surface area is 297 Å². The van der Waals surface area contributed by atoms with Crippen molar-refractivity contribution in [3.8, 4) is 17.1 Å². The number of hydrogen-bond donors (Lipinski definition) is 2. The Kier molecular flexibility index (Phi) is 8.76. The minimum Gasteiger partial charge on any atom is -0.461 e. The standard InChI is InChI=1S/C34H35F6N7O4S/c1-49-10-8-42-32(48)51-23-11-17-3-6-22(23)47(17)29-19-12-20(34(38,39)40)24(18-4-5-21(36)28-27(18)43-30(41)52-28)25(37)26(19)44-31(45-29)50-15-33-7-2-9-46(33)14-16(35)13-33/h4-5,12,16-17,22-23H,2-3,6-11,13-15H2,1H3,(H2,41,43)(H,42,48)/t16-,17-,22+,23?,33+/m1/s1. The molecule has 18 heteroatoms. The number of alkyl halides is 4. The zero-order valence-electron chi connectivity index (χ0n) is 27.9. The zero-order valence-corrected chi connectivity index (χ0v) is 28.8. The summed E-state index contributed by atoms with van der Waals surface area (Å²) in [6.07, 6.45) is -4.16. The Balaban J connectivity index is 1.27. The number of alkyl carbamates (subject to hydrolysis) is 1. The summed E-state index contributed by atoms with van der Waals surface area (Å²) in [5, 5.41) is 2.27. The number of fused-ring (bicyclic) bond motifs is 5. The number of nitrogen functional groups attached to an aromatic ring is 1. The van der Waals surface area contributed by atoms with E-state index in [1.807, 2.05) is 4.90 Å². The molecule has 4 aliphatic heterocycles. The smallest absolute Gasteiger partial charge is 0.417 e. The minimum atomic E-state index is -5.08. The molecule has 2 aromatic heterocycles. The van der Waals surface area contributed by atoms with Gasteiger partial charge in [0, 0.05) is 55.6 Å². The minimum absolute atomic E-state index is 0.00735. The van der Waals surface area contributed by atoms with Crippen LogP contribution in [0.15, 0.2) is 18.2 Å². The number of carbonyl (C=O) groups is 1. The molecule has 1 unspecified atom stereocenters. The van der Waals surface area contributed by atoms with E-state index in [1.165, 1.54) is 7.11 Å². The average molecular weight is 752 g/mol. The third-order valence-electron chi connectivity index (χ3n) is 10.8. The van der Waals surface area contributed by atoms with Crippen LogP contribution in [0.25, 0.3) is 32.2 Å². The fraction of sp³-hybridized carbons (Fsp3) is 0.529. The van der Waals surface area contributed by atoms with Gasteiger partial charge >= 0.3 is 18.3 Å². The summed E-state index contributed by atoms with van der Waals surface area (Å²) in [6, 6.07) is 1.70. The van der Waals surface area contributed by atoms with Crippen molar-refractivity contribution in [3.63, 3.8) is 0 Å². The van der Waals surface area contributed by atoms with Gasteiger partial charge in [0.05, 0.1) is 34.0 Å². The largest absolute Gasteiger partial charge is 0.461 e. The molecule has 0 radical (unpaired) electrons. The van der Waals surface area contributed by atoms with Gasteiger partial charge in [0.1, 0.15) is 36.0 Å². The highest BCUT2D eigenvalue weighted by Crippen LogP contribution is 2.49. The summed E-state index contributed by atoms with van der Waals surface area (Å²) in [5.41, 5.74) is 1.99. The second-order valence-corrected chi connectivity index (χ2v) is 14.9. The van der Waals surface area contributed by atoms with Crippen LogP contribution in [0.3, 0.4) is 0 Å². The van der Waals surface area contributed by atoms with Crippen LogP contribution >= 0.6 is 11.3 Å². The van der Waals surface area contributed by atoms with Crippen LogP contribution in [0.1, 0.15) is 44.1 Å². The molecule has 0 saturated carbocycles. The van der Waals surface area contributed by atoms with Crippen molar-refractivity contribution in [1.82, 2.24) is 25.2 Å². The zero-order chi connectivity index (χ0) is 36.5. The van der Waals surface area contributed by atoms with Gasteiger partial charge in [-0.25, -0.2) is 22.9 Å². The number of nitrogens with one attached hydrogen (secondary N) is 1. The first-order valence-corrected chi connectivity index (χ1v) is 17.9. The number of rotatable bonds is 9. The van der Waals surface area contributed by atoms with Crippen molar-refractivity contribution in [1.29, 1.82) is 0 Å². The summed E-state index contributed by atoms with van der Waals surface area (Å²) in [5.74, 6) is -2.11. The van der Waals surface area contributed by atoms with Gasteiger partial charge in [0.15, 0.2) is 10.9 Å². The van der Waals surface area contributed by atoms with Crippen LogP contribution in [-0.4, -0.2) is 95.8 Å². The summed E-state index contributed by atoms with van der Waals surface area (Å²) in [6.45, 7) is 1.43. The number of methoxy groups -OCH3 is 1. The number of aromatic nitrogens is 3. The van der Waals surface area contributed by atoms with Crippen molar-refractivity contribution in [2.45, 2.75) is 74.6 Å². The summed E-state index contributed by atoms with van der Waals surface area (Å²) < 4.78 is 108. The Morgan fingerprint density at radius 2 is 2.00 bits per heavy atom. The fourth-order valence-corrected chi connectivity index (χ4v) is 9.37. The number of halogens is 6. The van der Waals surface area contributed by atoms with Crippen molar-refractivity contribution in [2.75, 3.05) is 50.6 Å². The van der Waals surface area contributed by atoms with Gasteiger partial charge in [0.2, 0.25) is 0 Å². The van der Waals surface area contributed by atoms with Gasteiger partial charge in [-0.3, -0.25) is 4.90 Å². The highest BCUT2D eigenvalue weighted by molar-refractivity contribution is 7.22. The normalized spacial score (nSPS) is 25.8. The molecule has 2 aromatic carbocycles. The molecule has 0 aliphatic carbocycles. The average Bonchev–Trinajstić information content (AvgIpc) is 3.90. The number of ether oxygens (including phenoxy) is 3. The molecule has 4 fully saturated rings. The summed E-state index contributed by atoms with van der Waals surface area (Å²) >= 11 is 0.733. The maximum Gasteiger partial charge on any atom is 0.417 e. The van der Waals surface area contributed by atoms with E-state index in [2.05, 4.69) is 20.3 Å². The first-order chi connectivity index (χ1) is 24.9. The van der Waals surface area contributed by atoms with Gasteiger partial charge in [-0.1, -0.05) is 11.3 Å². The van der Waals surface area contributed by atoms with E-state index in [0.29, 0.717) is 32.2 Å². The molecule has 3 N–H and O–H groups in total. The lowest BCUT2D eigenvalue weighted by Gasteiger charge is -2.31. The second kappa shape index (κ2) is 13.1. The molecule has 278 valence electrons. The van der Waals surface area contributed by atoms with Crippen molar-refractivity contribution in [2.24, 2.45) is 0 Å². The van der Waals surface area contributed by atoms with E-state index in [0.717, 1.165) is 36.0 Å². The number of thiazole rings is 1. The van der Waals surface area contributed by atoms with Crippen LogP contribution in [0, 0.1) is 11.6 Å². The van der Waals surface area contributed by atoms with Crippen LogP contribution < -0.4 is 20.7 Å². The Hall–Kier alpha value is -4.16. The topological polar surface area (TPSA) is 128 Å². The van der Waals surface area contributed by atoms with Crippen LogP contribution in [0.2, 0.25) is 0 Å². The lowest BCUT2D eigenvalue weighted by Crippen LogP contribution is -2.43. The monoisotopic (exact) mass is 751 g/mol. The predicted molar refractivity (Wildman–Crippen MR) is 180 cm³/mol. The summed E-state index contributed by atoms with van der Waals surface area (Å²) in [4.78, 5) is 29.4. The lowest BCUT2D eigenvalue weighted by molar-refractivity contribution is -0.137. The molecule has 0 spiro atoms. The quantitative estimate of drug-likeness (QED) is 0.150. The van der Waals surface area contributed by atoms with E-state index < -0.39 is 64.4 Å². The fourth-order valence-electron chi connectivity index (χ4n) is 8.61. The maximum atomic E-state index is 17.1. The second-order valence-electron chi connectivity index (χ2n) is 13.8. The Morgan fingerprint density at radius 1 is 1.17 bits per heavy atom. The van der Waals surface area contributed by atoms with Gasteiger partial charge in [-0.15, -0.1) is 0 Å². The first kappa shape index (κ1) is 34.9. The van der Waals surface area contributed by atoms with Crippen molar-refractivity contribution >= 4 is 49.5 Å². The highest BCUT2D eigenvalue weighted by Gasteiger charge is 2.51. The molecule has 4 saturated heterocycles. The molecule has 52 heavy (non-hydrogen) atoms. The first-order valence-electron chi connectivity index (χ1n) is 17.1. The molecule has 4 aliphatic rings. The Bertz CT molecular complexity index is 2050. The maximum absolute atomic E-state index is 17.1. The third kappa shape index (κ3) is 5.91. The lowest BCUT2D eigenvalue weighted by atomic mass is 9.95. The summed E-state index contributed by atoms with van der Waals surface area (Å²) in [7, 11) is 1.49. The van der Waals surface area contributed by atoms with E-state index in [9.17, 15) is 26.7 Å². The molecule has 2 bridgehead atoms. The van der Waals surface area contributed by atoms with Crippen molar-refractivity contribution in [3.05, 3.63) is 35.4 Å². The molecular formula is C34H35F6N7O4S. The molecule has 4 aromatic rings. The van der Waals surface area contributed by atoms with E-state index in [1.54, 1.807) is 4.90 Å². The van der Waals surface area contributed by atoms with Crippen LogP contribution in [0.5, 0.6) is 6.01 Å². The number of nitrogens with zero attached hydrogens (tertiary/aromatic N) is 5.